The highest BCUT2D eigenvalue weighted by atomic mass is 16.6. The van der Waals surface area contributed by atoms with Gasteiger partial charge in [-0.1, -0.05) is 6.07 Å². The van der Waals surface area contributed by atoms with Gasteiger partial charge in [-0.3, -0.25) is 4.98 Å². The van der Waals surface area contributed by atoms with Crippen LogP contribution in [0.3, 0.4) is 0 Å². The molecule has 1 aromatic rings. The molecule has 0 saturated heterocycles. The Kier molecular flexibility index (Phi) is 6.92. The van der Waals surface area contributed by atoms with Crippen molar-refractivity contribution in [1.82, 2.24) is 10.3 Å². The zero-order chi connectivity index (χ0) is 12.4. The molecule has 0 aliphatic heterocycles. The van der Waals surface area contributed by atoms with E-state index >= 15 is 0 Å². The van der Waals surface area contributed by atoms with E-state index in [1.807, 2.05) is 45.9 Å². The highest BCUT2D eigenvalue weighted by Gasteiger charge is 2.14. The molecule has 0 bridgehead atoms. The number of hydrogen-bond donors (Lipinski definition) is 1. The predicted octanol–water partition coefficient (Wildman–Crippen LogP) is 2.61. The van der Waals surface area contributed by atoms with Crippen LogP contribution in [0.1, 0.15) is 27.7 Å². The van der Waals surface area contributed by atoms with E-state index in [4.69, 9.17) is 4.74 Å². The fourth-order valence-electron chi connectivity index (χ4n) is 0.771. The van der Waals surface area contributed by atoms with Gasteiger partial charge in [0.25, 0.3) is 0 Å². The van der Waals surface area contributed by atoms with Crippen molar-refractivity contribution in [3.63, 3.8) is 0 Å². The summed E-state index contributed by atoms with van der Waals surface area (Å²) in [6.07, 6.45) is 3.15. The molecule has 1 rings (SSSR count). The summed E-state index contributed by atoms with van der Waals surface area (Å²) in [6.45, 7) is 7.96. The summed E-state index contributed by atoms with van der Waals surface area (Å²) in [6, 6.07) is 5.72. The molecule has 0 atom stereocenters. The number of rotatable bonds is 1. The van der Waals surface area contributed by atoms with E-state index in [0.29, 0.717) is 6.54 Å². The van der Waals surface area contributed by atoms with Gasteiger partial charge in [-0.25, -0.2) is 4.79 Å². The first kappa shape index (κ1) is 14.4. The van der Waals surface area contributed by atoms with E-state index in [1.54, 1.807) is 12.4 Å². The average molecular weight is 224 g/mol. The summed E-state index contributed by atoms with van der Waals surface area (Å²) in [5.41, 5.74) is -0.390. The van der Waals surface area contributed by atoms with Gasteiger partial charge in [0, 0.05) is 18.9 Å². The molecular weight excluding hydrogens is 204 g/mol. The van der Waals surface area contributed by atoms with Crippen LogP contribution in [-0.4, -0.2) is 23.2 Å². The molecule has 0 saturated carbocycles. The molecule has 0 fully saturated rings. The highest BCUT2D eigenvalue weighted by Crippen LogP contribution is 2.05. The van der Waals surface area contributed by atoms with Gasteiger partial charge in [0.15, 0.2) is 0 Å². The van der Waals surface area contributed by atoms with Crippen LogP contribution >= 0.6 is 0 Å². The van der Waals surface area contributed by atoms with Crippen molar-refractivity contribution < 1.29 is 9.53 Å². The third-order valence-corrected chi connectivity index (χ3v) is 1.29. The molecule has 0 unspecified atom stereocenters. The van der Waals surface area contributed by atoms with Crippen LogP contribution in [-0.2, 0) is 4.74 Å². The lowest BCUT2D eigenvalue weighted by molar-refractivity contribution is 0.0531. The number of ether oxygens (including phenoxy) is 1. The molecule has 0 radical (unpaired) electrons. The number of pyridine rings is 1. The van der Waals surface area contributed by atoms with Gasteiger partial charge in [0.2, 0.25) is 0 Å². The molecule has 90 valence electrons. The minimum Gasteiger partial charge on any atom is -0.444 e. The topological polar surface area (TPSA) is 51.2 Å². The Morgan fingerprint density at radius 1 is 1.25 bits per heavy atom. The Bertz CT molecular complexity index is 254. The lowest BCUT2D eigenvalue weighted by Crippen LogP contribution is -2.32. The van der Waals surface area contributed by atoms with Gasteiger partial charge < -0.3 is 10.1 Å². The maximum atomic E-state index is 10.7. The average Bonchev–Trinajstić information content (AvgIpc) is 2.19. The van der Waals surface area contributed by atoms with E-state index in [0.717, 1.165) is 0 Å². The Balaban J connectivity index is 0.000000315. The molecule has 0 aliphatic rings. The second-order valence-corrected chi connectivity index (χ2v) is 4.06. The molecule has 0 spiro atoms. The van der Waals surface area contributed by atoms with Crippen molar-refractivity contribution in [2.45, 2.75) is 33.3 Å². The quantitative estimate of drug-likeness (QED) is 0.797. The Hall–Kier alpha value is -1.58. The first-order valence-corrected chi connectivity index (χ1v) is 5.27. The Morgan fingerprint density at radius 3 is 2.06 bits per heavy atom. The minimum absolute atomic E-state index is 0.352. The molecule has 1 N–H and O–H groups in total. The normalized spacial score (nSPS) is 9.75. The van der Waals surface area contributed by atoms with Gasteiger partial charge in [0.05, 0.1) is 0 Å². The number of nitrogens with zero attached hydrogens (tertiary/aromatic N) is 1. The Morgan fingerprint density at radius 2 is 1.81 bits per heavy atom. The third kappa shape index (κ3) is 10.5. The van der Waals surface area contributed by atoms with E-state index in [9.17, 15) is 4.79 Å². The molecule has 1 heterocycles. The number of hydrogen-bond acceptors (Lipinski definition) is 3. The van der Waals surface area contributed by atoms with Crippen molar-refractivity contribution in [1.29, 1.82) is 0 Å². The third-order valence-electron chi connectivity index (χ3n) is 1.29. The van der Waals surface area contributed by atoms with Crippen LogP contribution < -0.4 is 5.32 Å². The molecule has 0 aliphatic carbocycles. The molecule has 16 heavy (non-hydrogen) atoms. The molecule has 0 aromatic carbocycles. The number of alkyl carbamates (subject to hydrolysis) is 1. The SMILES string of the molecule is CCNC(=O)OC(C)(C)C.c1ccncc1. The number of aromatic nitrogens is 1. The molecule has 4 nitrogen and oxygen atoms in total. The predicted molar refractivity (Wildman–Crippen MR) is 64.1 cm³/mol. The fraction of sp³-hybridized carbons (Fsp3) is 0.500. The summed E-state index contributed by atoms with van der Waals surface area (Å²) >= 11 is 0. The molecule has 1 amide bonds. The molecule has 4 heteroatoms. The van der Waals surface area contributed by atoms with Crippen LogP contribution in [0.5, 0.6) is 0 Å². The van der Waals surface area contributed by atoms with E-state index in [1.165, 1.54) is 0 Å². The van der Waals surface area contributed by atoms with Gasteiger partial charge in [-0.2, -0.15) is 0 Å². The second kappa shape index (κ2) is 7.68. The number of nitrogens with one attached hydrogen (secondary N) is 1. The second-order valence-electron chi connectivity index (χ2n) is 4.06. The highest BCUT2D eigenvalue weighted by molar-refractivity contribution is 5.67. The maximum Gasteiger partial charge on any atom is 0.407 e. The lowest BCUT2D eigenvalue weighted by atomic mass is 10.2. The number of carbonyl (C=O) groups is 1. The van der Waals surface area contributed by atoms with Crippen molar-refractivity contribution in [3.05, 3.63) is 30.6 Å². The van der Waals surface area contributed by atoms with Crippen LogP contribution in [0.25, 0.3) is 0 Å². The minimum atomic E-state index is -0.390. The van der Waals surface area contributed by atoms with Crippen LogP contribution in [0.15, 0.2) is 30.6 Å². The largest absolute Gasteiger partial charge is 0.444 e. The van der Waals surface area contributed by atoms with Crippen molar-refractivity contribution in [2.75, 3.05) is 6.54 Å². The number of amides is 1. The maximum absolute atomic E-state index is 10.7. The summed E-state index contributed by atoms with van der Waals surface area (Å²) in [5.74, 6) is 0. The van der Waals surface area contributed by atoms with Gasteiger partial charge in [0.1, 0.15) is 5.60 Å². The summed E-state index contributed by atoms with van der Waals surface area (Å²) in [4.78, 5) is 14.5. The summed E-state index contributed by atoms with van der Waals surface area (Å²) < 4.78 is 4.93. The molecular formula is C12H20N2O2. The zero-order valence-corrected chi connectivity index (χ0v) is 10.4. The monoisotopic (exact) mass is 224 g/mol. The first-order chi connectivity index (χ1) is 7.45. The van der Waals surface area contributed by atoms with Crippen molar-refractivity contribution >= 4 is 6.09 Å². The van der Waals surface area contributed by atoms with Crippen molar-refractivity contribution in [3.8, 4) is 0 Å². The van der Waals surface area contributed by atoms with Gasteiger partial charge in [-0.15, -0.1) is 0 Å². The standard InChI is InChI=1S/C7H15NO2.C5H5N/c1-5-8-6(9)10-7(2,3)4;1-2-4-6-5-3-1/h5H2,1-4H3,(H,8,9);1-5H. The lowest BCUT2D eigenvalue weighted by Gasteiger charge is -2.19. The van der Waals surface area contributed by atoms with Crippen molar-refractivity contribution in [2.24, 2.45) is 0 Å². The smallest absolute Gasteiger partial charge is 0.407 e. The van der Waals surface area contributed by atoms with E-state index in [2.05, 4.69) is 10.3 Å². The van der Waals surface area contributed by atoms with Crippen LogP contribution in [0.2, 0.25) is 0 Å². The number of carbonyl (C=O) groups excluding carboxylic acids is 1. The summed E-state index contributed by atoms with van der Waals surface area (Å²) in [5, 5.41) is 2.54. The van der Waals surface area contributed by atoms with Crippen LogP contribution in [0, 0.1) is 0 Å². The first-order valence-electron chi connectivity index (χ1n) is 5.27. The zero-order valence-electron chi connectivity index (χ0n) is 10.4. The Labute approximate surface area is 97.0 Å². The molecule has 1 aromatic heterocycles. The fourth-order valence-corrected chi connectivity index (χ4v) is 0.771. The van der Waals surface area contributed by atoms with E-state index < -0.39 is 0 Å². The van der Waals surface area contributed by atoms with Gasteiger partial charge >= 0.3 is 6.09 Å². The summed E-state index contributed by atoms with van der Waals surface area (Å²) in [7, 11) is 0. The van der Waals surface area contributed by atoms with Crippen LogP contribution in [0.4, 0.5) is 4.79 Å². The van der Waals surface area contributed by atoms with E-state index in [-0.39, 0.29) is 11.7 Å². The van der Waals surface area contributed by atoms with Gasteiger partial charge in [-0.05, 0) is 39.8 Å².